The van der Waals surface area contributed by atoms with Crippen molar-refractivity contribution in [3.8, 4) is 0 Å². The Balaban J connectivity index is 1.27. The summed E-state index contributed by atoms with van der Waals surface area (Å²) in [5, 5.41) is 5.64. The number of nitrogens with one attached hydrogen (secondary N) is 1. The van der Waals surface area contributed by atoms with Crippen molar-refractivity contribution in [1.82, 2.24) is 19.8 Å². The van der Waals surface area contributed by atoms with Crippen molar-refractivity contribution < 1.29 is 4.79 Å². The van der Waals surface area contributed by atoms with Gasteiger partial charge in [-0.2, -0.15) is 0 Å². The molecule has 2 aromatic heterocycles. The molecule has 1 N–H and O–H groups in total. The van der Waals surface area contributed by atoms with Crippen LogP contribution in [0.15, 0.2) is 60.1 Å². The number of nitrogens with zero attached hydrogens (tertiary/aromatic N) is 4. The van der Waals surface area contributed by atoms with E-state index in [0.717, 1.165) is 45.0 Å². The van der Waals surface area contributed by atoms with E-state index in [4.69, 9.17) is 0 Å². The molecule has 1 fully saturated rings. The molecule has 1 amide bonds. The Labute approximate surface area is 168 Å². The highest BCUT2D eigenvalue weighted by molar-refractivity contribution is 7.14. The molecule has 7 heteroatoms. The van der Waals surface area contributed by atoms with Crippen LogP contribution in [0, 0.1) is 0 Å². The van der Waals surface area contributed by atoms with E-state index in [2.05, 4.69) is 44.5 Å². The van der Waals surface area contributed by atoms with E-state index >= 15 is 0 Å². The summed E-state index contributed by atoms with van der Waals surface area (Å²) in [4.78, 5) is 25.7. The topological polar surface area (TPSA) is 61.4 Å². The maximum Gasteiger partial charge on any atom is 0.273 e. The fraction of sp³-hybridized carbons (Fsp3) is 0.286. The highest BCUT2D eigenvalue weighted by Gasteiger charge is 2.23. The number of aromatic nitrogens is 2. The number of benzene rings is 1. The van der Waals surface area contributed by atoms with Gasteiger partial charge in [-0.3, -0.25) is 9.69 Å². The summed E-state index contributed by atoms with van der Waals surface area (Å²) in [5.74, 6) is 0.732. The van der Waals surface area contributed by atoms with Gasteiger partial charge in [-0.1, -0.05) is 36.4 Å². The predicted octanol–water partition coefficient (Wildman–Crippen LogP) is 3.28. The van der Waals surface area contributed by atoms with E-state index in [1.807, 2.05) is 34.5 Å². The molecule has 0 bridgehead atoms. The van der Waals surface area contributed by atoms with E-state index in [-0.39, 0.29) is 5.91 Å². The van der Waals surface area contributed by atoms with E-state index < -0.39 is 0 Å². The largest absolute Gasteiger partial charge is 0.335 e. The molecule has 0 atom stereocenters. The fourth-order valence-corrected chi connectivity index (χ4v) is 3.94. The van der Waals surface area contributed by atoms with E-state index in [9.17, 15) is 4.79 Å². The third kappa shape index (κ3) is 4.74. The number of thiazole rings is 1. The number of carbonyl (C=O) groups is 1. The van der Waals surface area contributed by atoms with Crippen LogP contribution in [0.1, 0.15) is 16.1 Å². The Morgan fingerprint density at radius 2 is 1.82 bits per heavy atom. The molecule has 0 aliphatic carbocycles. The summed E-state index contributed by atoms with van der Waals surface area (Å²) in [5.41, 5.74) is 1.86. The maximum atomic E-state index is 12.8. The van der Waals surface area contributed by atoms with E-state index in [1.165, 1.54) is 16.9 Å². The van der Waals surface area contributed by atoms with Crippen LogP contribution in [-0.4, -0.2) is 58.4 Å². The van der Waals surface area contributed by atoms with Crippen LogP contribution in [0.5, 0.6) is 0 Å². The Morgan fingerprint density at radius 1 is 1.04 bits per heavy atom. The molecule has 3 aromatic rings. The molecule has 3 heterocycles. The summed E-state index contributed by atoms with van der Waals surface area (Å²) in [7, 11) is 0. The molecule has 144 valence electrons. The first-order valence-electron chi connectivity index (χ1n) is 9.47. The third-order valence-corrected chi connectivity index (χ3v) is 5.60. The summed E-state index contributed by atoms with van der Waals surface area (Å²) in [6, 6.07) is 16.2. The minimum absolute atomic E-state index is 0.00744. The van der Waals surface area contributed by atoms with Gasteiger partial charge >= 0.3 is 0 Å². The zero-order valence-corrected chi connectivity index (χ0v) is 16.4. The van der Waals surface area contributed by atoms with Gasteiger partial charge in [0.1, 0.15) is 11.5 Å². The highest BCUT2D eigenvalue weighted by Crippen LogP contribution is 2.20. The number of piperazine rings is 1. The molecule has 0 unspecified atom stereocenters. The van der Waals surface area contributed by atoms with Gasteiger partial charge in [0.05, 0.1) is 0 Å². The van der Waals surface area contributed by atoms with Gasteiger partial charge in [0, 0.05) is 44.3 Å². The second kappa shape index (κ2) is 8.95. The number of pyridine rings is 1. The molecule has 1 aliphatic rings. The molecule has 1 aliphatic heterocycles. The number of hydrogen-bond acceptors (Lipinski definition) is 6. The lowest BCUT2D eigenvalue weighted by molar-refractivity contribution is 0.0633. The molecule has 0 saturated carbocycles. The molecule has 6 nitrogen and oxygen atoms in total. The smallest absolute Gasteiger partial charge is 0.273 e. The van der Waals surface area contributed by atoms with Crippen LogP contribution in [0.3, 0.4) is 0 Å². The minimum Gasteiger partial charge on any atom is -0.335 e. The van der Waals surface area contributed by atoms with E-state index in [1.54, 1.807) is 6.20 Å². The predicted molar refractivity (Wildman–Crippen MR) is 112 cm³/mol. The van der Waals surface area contributed by atoms with Crippen molar-refractivity contribution in [3.63, 3.8) is 0 Å². The third-order valence-electron chi connectivity index (χ3n) is 4.84. The summed E-state index contributed by atoms with van der Waals surface area (Å²) in [6.45, 7) is 4.33. The average Bonchev–Trinajstić information content (AvgIpc) is 3.22. The molecule has 0 radical (unpaired) electrons. The minimum atomic E-state index is 0.00744. The van der Waals surface area contributed by atoms with E-state index in [0.29, 0.717) is 10.8 Å². The first-order valence-corrected chi connectivity index (χ1v) is 10.3. The van der Waals surface area contributed by atoms with Gasteiger partial charge in [-0.15, -0.1) is 11.3 Å². The van der Waals surface area contributed by atoms with Gasteiger partial charge < -0.3 is 10.2 Å². The fourth-order valence-electron chi connectivity index (χ4n) is 3.24. The zero-order valence-electron chi connectivity index (χ0n) is 15.6. The van der Waals surface area contributed by atoms with Crippen molar-refractivity contribution in [3.05, 3.63) is 71.4 Å². The number of anilines is 2. The van der Waals surface area contributed by atoms with Crippen molar-refractivity contribution >= 4 is 28.2 Å². The molecule has 0 spiro atoms. The Morgan fingerprint density at radius 3 is 2.57 bits per heavy atom. The lowest BCUT2D eigenvalue weighted by Crippen LogP contribution is -2.49. The van der Waals surface area contributed by atoms with Crippen LogP contribution in [-0.2, 0) is 6.42 Å². The molecular formula is C21H23N5OS. The summed E-state index contributed by atoms with van der Waals surface area (Å²) in [6.07, 6.45) is 2.77. The second-order valence-electron chi connectivity index (χ2n) is 6.75. The van der Waals surface area contributed by atoms with Gasteiger partial charge in [0.25, 0.3) is 5.91 Å². The van der Waals surface area contributed by atoms with Crippen LogP contribution in [0.4, 0.5) is 10.9 Å². The normalized spacial score (nSPS) is 14.8. The number of rotatable bonds is 6. The van der Waals surface area contributed by atoms with Crippen LogP contribution in [0.25, 0.3) is 0 Å². The highest BCUT2D eigenvalue weighted by atomic mass is 32.1. The molecular weight excluding hydrogens is 370 g/mol. The first-order chi connectivity index (χ1) is 13.8. The van der Waals surface area contributed by atoms with Gasteiger partial charge in [0.2, 0.25) is 0 Å². The summed E-state index contributed by atoms with van der Waals surface area (Å²) >= 11 is 1.42. The van der Waals surface area contributed by atoms with Gasteiger partial charge in [-0.25, -0.2) is 9.97 Å². The average molecular weight is 394 g/mol. The van der Waals surface area contributed by atoms with Crippen molar-refractivity contribution in [2.45, 2.75) is 6.42 Å². The van der Waals surface area contributed by atoms with Gasteiger partial charge in [0.15, 0.2) is 5.13 Å². The number of carbonyl (C=O) groups excluding carboxylic acids is 1. The quantitative estimate of drug-likeness (QED) is 0.696. The van der Waals surface area contributed by atoms with Crippen LogP contribution >= 0.6 is 11.3 Å². The molecule has 1 saturated heterocycles. The SMILES string of the molecule is O=C(c1csc(Nc2ccccn2)n1)N1CCN(CCc2ccccc2)CC1. The monoisotopic (exact) mass is 393 g/mol. The van der Waals surface area contributed by atoms with Crippen LogP contribution in [0.2, 0.25) is 0 Å². The standard InChI is InChI=1S/C21H23N5OS/c27-20(18-16-28-21(23-18)24-19-8-4-5-10-22-19)26-14-12-25(13-15-26)11-9-17-6-2-1-3-7-17/h1-8,10,16H,9,11-15H2,(H,22,23,24). The molecule has 4 rings (SSSR count). The lowest BCUT2D eigenvalue weighted by atomic mass is 10.1. The Kier molecular flexibility index (Phi) is 5.94. The summed E-state index contributed by atoms with van der Waals surface area (Å²) < 4.78 is 0. The zero-order chi connectivity index (χ0) is 19.2. The first kappa shape index (κ1) is 18.6. The number of hydrogen-bond donors (Lipinski definition) is 1. The van der Waals surface area contributed by atoms with Crippen molar-refractivity contribution in [2.75, 3.05) is 38.0 Å². The van der Waals surface area contributed by atoms with Crippen LogP contribution < -0.4 is 5.32 Å². The van der Waals surface area contributed by atoms with Crippen molar-refractivity contribution in [1.29, 1.82) is 0 Å². The molecule has 1 aromatic carbocycles. The van der Waals surface area contributed by atoms with Gasteiger partial charge in [-0.05, 0) is 24.1 Å². The number of amides is 1. The Hall–Kier alpha value is -2.77. The lowest BCUT2D eigenvalue weighted by Gasteiger charge is -2.34. The van der Waals surface area contributed by atoms with Crippen molar-refractivity contribution in [2.24, 2.45) is 0 Å². The second-order valence-corrected chi connectivity index (χ2v) is 7.61. The Bertz CT molecular complexity index is 891. The maximum absolute atomic E-state index is 12.8. The molecule has 28 heavy (non-hydrogen) atoms.